The average Bonchev–Trinajstić information content (AvgIpc) is 2.26. The molecule has 2 rings (SSSR count). The van der Waals surface area contributed by atoms with E-state index >= 15 is 0 Å². The van der Waals surface area contributed by atoms with Crippen LogP contribution < -0.4 is 0 Å². The monoisotopic (exact) mass is 210 g/mol. The number of hydrogen-bond donors (Lipinski definition) is 1. The van der Waals surface area contributed by atoms with Crippen LogP contribution in [0.4, 0.5) is 0 Å². The predicted molar refractivity (Wildman–Crippen MR) is 63.6 cm³/mol. The highest BCUT2D eigenvalue weighted by Gasteiger charge is 2.58. The van der Waals surface area contributed by atoms with Crippen molar-refractivity contribution in [1.82, 2.24) is 0 Å². The molecule has 4 unspecified atom stereocenters. The summed E-state index contributed by atoms with van der Waals surface area (Å²) in [7, 11) is 0. The van der Waals surface area contributed by atoms with Gasteiger partial charge in [0.25, 0.3) is 0 Å². The van der Waals surface area contributed by atoms with Crippen molar-refractivity contribution in [3.05, 3.63) is 0 Å². The maximum atomic E-state index is 9.84. The van der Waals surface area contributed by atoms with Crippen LogP contribution in [-0.2, 0) is 0 Å². The van der Waals surface area contributed by atoms with Crippen molar-refractivity contribution in [2.75, 3.05) is 0 Å². The second-order valence-corrected chi connectivity index (χ2v) is 7.04. The molecule has 0 aromatic carbocycles. The van der Waals surface area contributed by atoms with Gasteiger partial charge in [0.2, 0.25) is 0 Å². The highest BCUT2D eigenvalue weighted by molar-refractivity contribution is 5.06. The van der Waals surface area contributed by atoms with E-state index in [0.717, 1.165) is 30.6 Å². The van der Waals surface area contributed by atoms with Crippen LogP contribution in [-0.4, -0.2) is 11.2 Å². The summed E-state index contributed by atoms with van der Waals surface area (Å²) >= 11 is 0. The normalized spacial score (nSPS) is 47.6. The number of aliphatic hydroxyl groups is 1. The average molecular weight is 210 g/mol. The van der Waals surface area contributed by atoms with Gasteiger partial charge in [-0.05, 0) is 47.8 Å². The molecule has 1 heteroatoms. The van der Waals surface area contributed by atoms with E-state index < -0.39 is 0 Å². The van der Waals surface area contributed by atoms with E-state index in [0.29, 0.717) is 10.8 Å². The standard InChI is InChI=1S/C14H26O/c1-9-13(2,3)11-7-6-10(15)8-12(11)14(9,4)5/h9-12,15H,6-8H2,1-5H3. The van der Waals surface area contributed by atoms with E-state index in [1.54, 1.807) is 0 Å². The number of rotatable bonds is 0. The Morgan fingerprint density at radius 1 is 0.933 bits per heavy atom. The number of aliphatic hydroxyl groups excluding tert-OH is 1. The van der Waals surface area contributed by atoms with Gasteiger partial charge in [0, 0.05) is 0 Å². The van der Waals surface area contributed by atoms with Crippen LogP contribution in [0.3, 0.4) is 0 Å². The molecule has 0 aromatic rings. The molecule has 0 radical (unpaired) electrons. The molecule has 15 heavy (non-hydrogen) atoms. The number of fused-ring (bicyclic) bond motifs is 1. The Morgan fingerprint density at radius 2 is 1.47 bits per heavy atom. The third-order valence-electron chi connectivity index (χ3n) is 5.97. The molecule has 0 aliphatic heterocycles. The Kier molecular flexibility index (Phi) is 2.46. The van der Waals surface area contributed by atoms with Crippen LogP contribution in [0.2, 0.25) is 0 Å². The molecular weight excluding hydrogens is 184 g/mol. The van der Waals surface area contributed by atoms with Crippen molar-refractivity contribution in [3.63, 3.8) is 0 Å². The smallest absolute Gasteiger partial charge is 0.0543 e. The minimum absolute atomic E-state index is 0.0355. The second kappa shape index (κ2) is 3.23. The Morgan fingerprint density at radius 3 is 2.07 bits per heavy atom. The van der Waals surface area contributed by atoms with E-state index in [1.165, 1.54) is 6.42 Å². The van der Waals surface area contributed by atoms with Crippen LogP contribution in [0.5, 0.6) is 0 Å². The van der Waals surface area contributed by atoms with E-state index in [9.17, 15) is 5.11 Å². The number of hydrogen-bond acceptors (Lipinski definition) is 1. The minimum atomic E-state index is -0.0355. The summed E-state index contributed by atoms with van der Waals surface area (Å²) in [6, 6.07) is 0. The molecule has 0 amide bonds. The lowest BCUT2D eigenvalue weighted by atomic mass is 9.68. The zero-order chi connectivity index (χ0) is 11.4. The van der Waals surface area contributed by atoms with Crippen molar-refractivity contribution < 1.29 is 5.11 Å². The molecule has 0 aromatic heterocycles. The van der Waals surface area contributed by atoms with Crippen molar-refractivity contribution in [1.29, 1.82) is 0 Å². The van der Waals surface area contributed by atoms with Gasteiger partial charge in [0.15, 0.2) is 0 Å². The van der Waals surface area contributed by atoms with Crippen LogP contribution in [0, 0.1) is 28.6 Å². The largest absolute Gasteiger partial charge is 0.393 e. The molecule has 0 bridgehead atoms. The van der Waals surface area contributed by atoms with Crippen LogP contribution in [0.25, 0.3) is 0 Å². The fourth-order valence-electron chi connectivity index (χ4n) is 4.46. The zero-order valence-electron chi connectivity index (χ0n) is 10.9. The molecule has 4 atom stereocenters. The Labute approximate surface area is 94.3 Å². The molecule has 1 nitrogen and oxygen atoms in total. The maximum absolute atomic E-state index is 9.84. The SMILES string of the molecule is CC1C(C)(C)C2CCC(O)CC2C1(C)C. The molecule has 1 N–H and O–H groups in total. The van der Waals surface area contributed by atoms with Crippen LogP contribution in [0.15, 0.2) is 0 Å². The summed E-state index contributed by atoms with van der Waals surface area (Å²) in [5.74, 6) is 2.31. The summed E-state index contributed by atoms with van der Waals surface area (Å²) < 4.78 is 0. The van der Waals surface area contributed by atoms with Crippen molar-refractivity contribution in [2.24, 2.45) is 28.6 Å². The van der Waals surface area contributed by atoms with Gasteiger partial charge in [-0.25, -0.2) is 0 Å². The molecule has 88 valence electrons. The first-order valence-corrected chi connectivity index (χ1v) is 6.46. The summed E-state index contributed by atoms with van der Waals surface area (Å²) in [6.45, 7) is 12.1. The molecular formula is C14H26O. The van der Waals surface area contributed by atoms with Gasteiger partial charge in [-0.1, -0.05) is 34.6 Å². The fraction of sp³-hybridized carbons (Fsp3) is 1.00. The van der Waals surface area contributed by atoms with Gasteiger partial charge >= 0.3 is 0 Å². The molecule has 0 heterocycles. The third-order valence-corrected chi connectivity index (χ3v) is 5.97. The summed E-state index contributed by atoms with van der Waals surface area (Å²) in [5, 5.41) is 9.84. The quantitative estimate of drug-likeness (QED) is 0.649. The molecule has 2 fully saturated rings. The first kappa shape index (κ1) is 11.4. The maximum Gasteiger partial charge on any atom is 0.0543 e. The van der Waals surface area contributed by atoms with Crippen LogP contribution in [0.1, 0.15) is 53.9 Å². The Hall–Kier alpha value is -0.0400. The lowest BCUT2D eigenvalue weighted by Crippen LogP contribution is -2.33. The molecule has 0 spiro atoms. The topological polar surface area (TPSA) is 20.2 Å². The second-order valence-electron chi connectivity index (χ2n) is 7.04. The highest BCUT2D eigenvalue weighted by atomic mass is 16.3. The summed E-state index contributed by atoms with van der Waals surface area (Å²) in [4.78, 5) is 0. The first-order valence-electron chi connectivity index (χ1n) is 6.46. The first-order chi connectivity index (χ1) is 6.78. The Bertz CT molecular complexity index is 254. The molecule has 2 aliphatic carbocycles. The predicted octanol–water partition coefficient (Wildman–Crippen LogP) is 3.47. The van der Waals surface area contributed by atoms with Gasteiger partial charge < -0.3 is 5.11 Å². The van der Waals surface area contributed by atoms with Crippen LogP contribution >= 0.6 is 0 Å². The molecule has 2 aliphatic rings. The highest BCUT2D eigenvalue weighted by Crippen LogP contribution is 2.64. The van der Waals surface area contributed by atoms with Gasteiger partial charge in [-0.15, -0.1) is 0 Å². The lowest BCUT2D eigenvalue weighted by Gasteiger charge is -2.38. The minimum Gasteiger partial charge on any atom is -0.393 e. The zero-order valence-corrected chi connectivity index (χ0v) is 10.9. The van der Waals surface area contributed by atoms with Crippen molar-refractivity contribution >= 4 is 0 Å². The van der Waals surface area contributed by atoms with E-state index in [4.69, 9.17) is 0 Å². The summed E-state index contributed by atoms with van der Waals surface area (Å²) in [5.41, 5.74) is 0.851. The van der Waals surface area contributed by atoms with E-state index in [2.05, 4.69) is 34.6 Å². The van der Waals surface area contributed by atoms with Gasteiger partial charge in [0.05, 0.1) is 6.10 Å². The van der Waals surface area contributed by atoms with Crippen molar-refractivity contribution in [3.8, 4) is 0 Å². The third kappa shape index (κ3) is 1.46. The lowest BCUT2D eigenvalue weighted by molar-refractivity contribution is 0.0318. The van der Waals surface area contributed by atoms with Gasteiger partial charge in [-0.2, -0.15) is 0 Å². The van der Waals surface area contributed by atoms with Gasteiger partial charge in [0.1, 0.15) is 0 Å². The molecule has 2 saturated carbocycles. The van der Waals surface area contributed by atoms with E-state index in [-0.39, 0.29) is 6.10 Å². The van der Waals surface area contributed by atoms with Gasteiger partial charge in [-0.3, -0.25) is 0 Å². The summed E-state index contributed by atoms with van der Waals surface area (Å²) in [6.07, 6.45) is 3.25. The van der Waals surface area contributed by atoms with E-state index in [1.807, 2.05) is 0 Å². The Balaban J connectivity index is 2.33. The fourth-order valence-corrected chi connectivity index (χ4v) is 4.46. The molecule has 0 saturated heterocycles. The van der Waals surface area contributed by atoms with Crippen molar-refractivity contribution in [2.45, 2.75) is 60.0 Å².